The van der Waals surface area contributed by atoms with E-state index < -0.39 is 0 Å². The lowest BCUT2D eigenvalue weighted by atomic mass is 9.96. The third-order valence-electron chi connectivity index (χ3n) is 3.11. The average Bonchev–Trinajstić information content (AvgIpc) is 2.72. The van der Waals surface area contributed by atoms with Crippen LogP contribution in [0.25, 0.3) is 0 Å². The lowest BCUT2D eigenvalue weighted by Gasteiger charge is -2.18. The highest BCUT2D eigenvalue weighted by Crippen LogP contribution is 2.33. The molecule has 1 aromatic rings. The van der Waals surface area contributed by atoms with Crippen LogP contribution >= 0.6 is 12.4 Å². The molecule has 1 aliphatic carbocycles. The van der Waals surface area contributed by atoms with Gasteiger partial charge in [-0.2, -0.15) is 5.10 Å². The van der Waals surface area contributed by atoms with E-state index in [4.69, 9.17) is 5.73 Å². The summed E-state index contributed by atoms with van der Waals surface area (Å²) in [5, 5.41) is 4.15. The van der Waals surface area contributed by atoms with Crippen molar-refractivity contribution in [3.63, 3.8) is 0 Å². The van der Waals surface area contributed by atoms with Gasteiger partial charge in [-0.25, -0.2) is 0 Å². The summed E-state index contributed by atoms with van der Waals surface area (Å²) in [5.41, 5.74) is 7.36. The molecule has 1 aromatic heterocycles. The molecule has 0 aliphatic heterocycles. The van der Waals surface area contributed by atoms with Gasteiger partial charge in [0.05, 0.1) is 5.69 Å². The van der Waals surface area contributed by atoms with E-state index in [0.29, 0.717) is 5.92 Å². The van der Waals surface area contributed by atoms with Gasteiger partial charge in [0.15, 0.2) is 0 Å². The molecule has 1 aliphatic rings. The minimum absolute atomic E-state index is 0. The van der Waals surface area contributed by atoms with Gasteiger partial charge in [-0.15, -0.1) is 12.4 Å². The molecule has 0 spiro atoms. The van der Waals surface area contributed by atoms with Crippen LogP contribution in [0.15, 0.2) is 12.3 Å². The summed E-state index contributed by atoms with van der Waals surface area (Å²) in [6, 6.07) is 2.22. The molecule has 3 nitrogen and oxygen atoms in total. The number of rotatable bonds is 2. The molecular weight excluding hydrogens is 198 g/mol. The minimum Gasteiger partial charge on any atom is -0.322 e. The van der Waals surface area contributed by atoms with E-state index in [9.17, 15) is 0 Å². The largest absolute Gasteiger partial charge is 0.322 e. The summed E-state index contributed by atoms with van der Waals surface area (Å²) >= 11 is 0. The van der Waals surface area contributed by atoms with Crippen molar-refractivity contribution in [2.75, 3.05) is 0 Å². The lowest BCUT2D eigenvalue weighted by molar-refractivity contribution is 0.423. The van der Waals surface area contributed by atoms with E-state index in [2.05, 4.69) is 5.10 Å². The molecule has 14 heavy (non-hydrogen) atoms. The number of nitrogens with zero attached hydrogens (tertiary/aromatic N) is 2. The molecule has 1 atom stereocenters. The van der Waals surface area contributed by atoms with Crippen LogP contribution in [0.1, 0.15) is 37.4 Å². The standard InChI is InChI=1S/C10H17N3.ClH/c1-13-9(6-7-12-13)10(11)8-4-2-3-5-8;/h6-8,10H,2-5,11H2,1H3;1H. The first kappa shape index (κ1) is 11.5. The highest BCUT2D eigenvalue weighted by molar-refractivity contribution is 5.85. The van der Waals surface area contributed by atoms with Crippen molar-refractivity contribution in [2.45, 2.75) is 31.7 Å². The molecule has 2 N–H and O–H groups in total. The number of nitrogens with two attached hydrogens (primary N) is 1. The van der Waals surface area contributed by atoms with Gasteiger partial charge in [-0.1, -0.05) is 12.8 Å². The number of aromatic nitrogens is 2. The zero-order valence-electron chi connectivity index (χ0n) is 8.52. The summed E-state index contributed by atoms with van der Waals surface area (Å²) in [5.74, 6) is 0.676. The second-order valence-electron chi connectivity index (χ2n) is 3.95. The quantitative estimate of drug-likeness (QED) is 0.821. The Morgan fingerprint density at radius 3 is 2.64 bits per heavy atom. The van der Waals surface area contributed by atoms with Crippen LogP contribution in [0.4, 0.5) is 0 Å². The molecule has 1 unspecified atom stereocenters. The van der Waals surface area contributed by atoms with Gasteiger partial charge in [0.1, 0.15) is 0 Å². The van der Waals surface area contributed by atoms with Crippen molar-refractivity contribution < 1.29 is 0 Å². The van der Waals surface area contributed by atoms with Crippen LogP contribution < -0.4 is 5.73 Å². The molecule has 4 heteroatoms. The fourth-order valence-electron chi connectivity index (χ4n) is 2.27. The normalized spacial score (nSPS) is 19.3. The zero-order valence-corrected chi connectivity index (χ0v) is 9.33. The fourth-order valence-corrected chi connectivity index (χ4v) is 2.27. The van der Waals surface area contributed by atoms with Crippen LogP contribution in [0, 0.1) is 5.92 Å². The first-order valence-electron chi connectivity index (χ1n) is 5.02. The van der Waals surface area contributed by atoms with Crippen molar-refractivity contribution in [1.82, 2.24) is 9.78 Å². The van der Waals surface area contributed by atoms with Gasteiger partial charge in [-0.3, -0.25) is 4.68 Å². The average molecular weight is 216 g/mol. The minimum atomic E-state index is 0. The molecule has 1 heterocycles. The number of aryl methyl sites for hydroxylation is 1. The van der Waals surface area contributed by atoms with Gasteiger partial charge in [0, 0.05) is 19.3 Å². The molecule has 80 valence electrons. The Balaban J connectivity index is 0.000000980. The second kappa shape index (κ2) is 4.80. The summed E-state index contributed by atoms with van der Waals surface area (Å²) in [6.45, 7) is 0. The molecule has 0 saturated heterocycles. The molecule has 1 fully saturated rings. The van der Waals surface area contributed by atoms with Crippen molar-refractivity contribution >= 4 is 12.4 Å². The van der Waals surface area contributed by atoms with Crippen LogP contribution in [-0.2, 0) is 7.05 Å². The molecule has 0 aromatic carbocycles. The molecular formula is C10H18ClN3. The molecule has 0 amide bonds. The summed E-state index contributed by atoms with van der Waals surface area (Å²) in [7, 11) is 1.96. The van der Waals surface area contributed by atoms with Gasteiger partial charge in [0.25, 0.3) is 0 Å². The first-order chi connectivity index (χ1) is 6.29. The van der Waals surface area contributed by atoms with E-state index in [1.807, 2.05) is 24.0 Å². The molecule has 0 bridgehead atoms. The first-order valence-corrected chi connectivity index (χ1v) is 5.02. The van der Waals surface area contributed by atoms with Crippen molar-refractivity contribution in [2.24, 2.45) is 18.7 Å². The Hall–Kier alpha value is -0.540. The van der Waals surface area contributed by atoms with Crippen molar-refractivity contribution in [3.05, 3.63) is 18.0 Å². The van der Waals surface area contributed by atoms with E-state index in [1.165, 1.54) is 31.4 Å². The SMILES string of the molecule is Cl.Cn1nccc1C(N)C1CCCC1. The second-order valence-corrected chi connectivity index (χ2v) is 3.95. The number of hydrogen-bond acceptors (Lipinski definition) is 2. The van der Waals surface area contributed by atoms with Gasteiger partial charge < -0.3 is 5.73 Å². The van der Waals surface area contributed by atoms with Crippen LogP contribution in [0.2, 0.25) is 0 Å². The molecule has 0 radical (unpaired) electrons. The van der Waals surface area contributed by atoms with Crippen molar-refractivity contribution in [3.8, 4) is 0 Å². The number of halogens is 1. The van der Waals surface area contributed by atoms with E-state index in [1.54, 1.807) is 0 Å². The zero-order chi connectivity index (χ0) is 9.26. The predicted octanol–water partition coefficient (Wildman–Crippen LogP) is 2.03. The fraction of sp³-hybridized carbons (Fsp3) is 0.700. The smallest absolute Gasteiger partial charge is 0.0550 e. The topological polar surface area (TPSA) is 43.8 Å². The van der Waals surface area contributed by atoms with Crippen LogP contribution in [-0.4, -0.2) is 9.78 Å². The molecule has 1 saturated carbocycles. The van der Waals surface area contributed by atoms with Crippen molar-refractivity contribution in [1.29, 1.82) is 0 Å². The van der Waals surface area contributed by atoms with E-state index in [-0.39, 0.29) is 18.4 Å². The third kappa shape index (κ3) is 2.10. The highest BCUT2D eigenvalue weighted by Gasteiger charge is 2.24. The Kier molecular flexibility index (Phi) is 3.96. The highest BCUT2D eigenvalue weighted by atomic mass is 35.5. The molecule has 2 rings (SSSR count). The van der Waals surface area contributed by atoms with E-state index in [0.717, 1.165) is 0 Å². The maximum atomic E-state index is 6.18. The van der Waals surface area contributed by atoms with Crippen LogP contribution in [0.3, 0.4) is 0 Å². The van der Waals surface area contributed by atoms with Gasteiger partial charge in [0.2, 0.25) is 0 Å². The van der Waals surface area contributed by atoms with Gasteiger partial charge in [-0.05, 0) is 24.8 Å². The number of hydrogen-bond donors (Lipinski definition) is 1. The van der Waals surface area contributed by atoms with E-state index >= 15 is 0 Å². The predicted molar refractivity (Wildman–Crippen MR) is 59.3 cm³/mol. The Morgan fingerprint density at radius 1 is 1.50 bits per heavy atom. The van der Waals surface area contributed by atoms with Gasteiger partial charge >= 0.3 is 0 Å². The monoisotopic (exact) mass is 215 g/mol. The summed E-state index contributed by atoms with van der Waals surface area (Å²) < 4.78 is 1.89. The third-order valence-corrected chi connectivity index (χ3v) is 3.11. The Labute approximate surface area is 91.1 Å². The van der Waals surface area contributed by atoms with Crippen LogP contribution in [0.5, 0.6) is 0 Å². The summed E-state index contributed by atoms with van der Waals surface area (Å²) in [6.07, 6.45) is 7.08. The lowest BCUT2D eigenvalue weighted by Crippen LogP contribution is -2.21. The Morgan fingerprint density at radius 2 is 2.14 bits per heavy atom. The maximum absolute atomic E-state index is 6.18. The summed E-state index contributed by atoms with van der Waals surface area (Å²) in [4.78, 5) is 0. The Bertz CT molecular complexity index is 279. The maximum Gasteiger partial charge on any atom is 0.0550 e.